The molecule has 0 radical (unpaired) electrons. The van der Waals surface area contributed by atoms with Crippen molar-refractivity contribution in [2.45, 2.75) is 11.1 Å². The van der Waals surface area contributed by atoms with Crippen LogP contribution >= 0.6 is 27.7 Å². The Bertz CT molecular complexity index is 61.1. The molecule has 1 atom stereocenters. The van der Waals surface area contributed by atoms with E-state index in [1.807, 2.05) is 13.0 Å². The van der Waals surface area contributed by atoms with E-state index in [-0.39, 0.29) is 0 Å². The molecule has 0 amide bonds. The Kier molecular flexibility index (Phi) is 5.11. The fourth-order valence-electron chi connectivity index (χ4n) is 0.230. The first kappa shape index (κ1) is 7.57. The van der Waals surface area contributed by atoms with E-state index in [2.05, 4.69) is 28.3 Å². The molecule has 0 N–H and O–H groups in total. The summed E-state index contributed by atoms with van der Waals surface area (Å²) in [5, 5.41) is 0. The molecule has 1 unspecified atom stereocenters. The quantitative estimate of drug-likeness (QED) is 0.466. The third-order valence-corrected chi connectivity index (χ3v) is 2.60. The zero-order valence-electron chi connectivity index (χ0n) is 4.52. The fraction of sp³-hybridized carbons (Fsp3) is 0.600. The van der Waals surface area contributed by atoms with Crippen LogP contribution in [0.15, 0.2) is 12.2 Å². The Labute approximate surface area is 57.5 Å². The second-order valence-electron chi connectivity index (χ2n) is 1.11. The van der Waals surface area contributed by atoms with Crippen LogP contribution in [0.1, 0.15) is 6.92 Å². The van der Waals surface area contributed by atoms with Crippen molar-refractivity contribution < 1.29 is 0 Å². The molecule has 0 bridgehead atoms. The summed E-state index contributed by atoms with van der Waals surface area (Å²) in [6, 6.07) is 0. The zero-order chi connectivity index (χ0) is 5.70. The Morgan fingerprint density at radius 2 is 2.29 bits per heavy atom. The summed E-state index contributed by atoms with van der Waals surface area (Å²) in [5.74, 6) is 0. The molecule has 0 aliphatic carbocycles. The van der Waals surface area contributed by atoms with E-state index < -0.39 is 0 Å². The molecule has 0 aromatic rings. The molecule has 0 aromatic carbocycles. The van der Waals surface area contributed by atoms with E-state index in [1.165, 1.54) is 0 Å². The van der Waals surface area contributed by atoms with Crippen LogP contribution < -0.4 is 0 Å². The lowest BCUT2D eigenvalue weighted by Crippen LogP contribution is -1.78. The van der Waals surface area contributed by atoms with Crippen molar-refractivity contribution in [2.75, 3.05) is 6.26 Å². The summed E-state index contributed by atoms with van der Waals surface area (Å²) in [5.41, 5.74) is 0. The normalized spacial score (nSPS) is 15.3. The highest BCUT2D eigenvalue weighted by Gasteiger charge is 1.88. The molecule has 0 nitrogen and oxygen atoms in total. The Hall–Kier alpha value is 0.570. The number of hydrogen-bond acceptors (Lipinski definition) is 1. The van der Waals surface area contributed by atoms with E-state index in [4.69, 9.17) is 0 Å². The maximum atomic E-state index is 3.41. The molecular weight excluding hydrogens is 172 g/mol. The number of rotatable bonds is 2. The second-order valence-corrected chi connectivity index (χ2v) is 3.68. The summed E-state index contributed by atoms with van der Waals surface area (Å²) < 4.78 is 0.498. The van der Waals surface area contributed by atoms with Gasteiger partial charge in [-0.3, -0.25) is 0 Å². The van der Waals surface area contributed by atoms with Gasteiger partial charge in [0.25, 0.3) is 0 Å². The zero-order valence-corrected chi connectivity index (χ0v) is 6.92. The van der Waals surface area contributed by atoms with Crippen molar-refractivity contribution in [3.05, 3.63) is 12.2 Å². The minimum atomic E-state index is 0.498. The second kappa shape index (κ2) is 4.72. The van der Waals surface area contributed by atoms with Crippen LogP contribution in [0.3, 0.4) is 0 Å². The number of halogens is 1. The van der Waals surface area contributed by atoms with Gasteiger partial charge >= 0.3 is 0 Å². The Morgan fingerprint density at radius 1 is 1.71 bits per heavy atom. The van der Waals surface area contributed by atoms with E-state index in [0.717, 1.165) is 0 Å². The Morgan fingerprint density at radius 3 is 2.43 bits per heavy atom. The minimum absolute atomic E-state index is 0.498. The minimum Gasteiger partial charge on any atom is -0.146 e. The molecular formula is C5H9BrS. The molecule has 0 saturated carbocycles. The number of alkyl halides is 1. The van der Waals surface area contributed by atoms with Gasteiger partial charge in [-0.1, -0.05) is 28.1 Å². The summed E-state index contributed by atoms with van der Waals surface area (Å²) in [4.78, 5) is 0. The first-order valence-electron chi connectivity index (χ1n) is 2.11. The van der Waals surface area contributed by atoms with Gasteiger partial charge < -0.3 is 0 Å². The van der Waals surface area contributed by atoms with Gasteiger partial charge in [0.1, 0.15) is 0 Å². The van der Waals surface area contributed by atoms with Gasteiger partial charge in [-0.15, -0.1) is 11.8 Å². The highest BCUT2D eigenvalue weighted by molar-refractivity contribution is 9.11. The lowest BCUT2D eigenvalue weighted by molar-refractivity contribution is 1.61. The topological polar surface area (TPSA) is 0 Å². The smallest absolute Gasteiger partial charge is 0.0777 e. The Balaban J connectivity index is 3.16. The molecule has 7 heavy (non-hydrogen) atoms. The summed E-state index contributed by atoms with van der Waals surface area (Å²) in [6.07, 6.45) is 6.21. The molecule has 0 spiro atoms. The van der Waals surface area contributed by atoms with E-state index in [0.29, 0.717) is 4.16 Å². The van der Waals surface area contributed by atoms with Crippen molar-refractivity contribution in [1.82, 2.24) is 0 Å². The number of hydrogen-bond donors (Lipinski definition) is 0. The van der Waals surface area contributed by atoms with Crippen LogP contribution in [0.2, 0.25) is 0 Å². The first-order valence-corrected chi connectivity index (χ1v) is 4.31. The largest absolute Gasteiger partial charge is 0.146 e. The molecule has 0 fully saturated rings. The van der Waals surface area contributed by atoms with Crippen LogP contribution in [0.25, 0.3) is 0 Å². The molecule has 0 rings (SSSR count). The summed E-state index contributed by atoms with van der Waals surface area (Å²) in [7, 11) is 0. The lowest BCUT2D eigenvalue weighted by atomic mass is 10.6. The third kappa shape index (κ3) is 4.42. The molecule has 0 aliphatic rings. The highest BCUT2D eigenvalue weighted by Crippen LogP contribution is 2.13. The van der Waals surface area contributed by atoms with Gasteiger partial charge in [0.2, 0.25) is 0 Å². The third-order valence-electron chi connectivity index (χ3n) is 0.569. The monoisotopic (exact) mass is 180 g/mol. The van der Waals surface area contributed by atoms with Crippen LogP contribution in [-0.4, -0.2) is 10.4 Å². The average molecular weight is 181 g/mol. The van der Waals surface area contributed by atoms with Crippen molar-refractivity contribution in [1.29, 1.82) is 0 Å². The number of allylic oxidation sites excluding steroid dienone is 1. The predicted molar refractivity (Wildman–Crippen MR) is 41.0 cm³/mol. The van der Waals surface area contributed by atoms with Crippen molar-refractivity contribution >= 4 is 27.7 Å². The van der Waals surface area contributed by atoms with Gasteiger partial charge in [0.05, 0.1) is 4.16 Å². The van der Waals surface area contributed by atoms with Gasteiger partial charge in [-0.25, -0.2) is 0 Å². The summed E-state index contributed by atoms with van der Waals surface area (Å²) >= 11 is 5.19. The van der Waals surface area contributed by atoms with E-state index in [9.17, 15) is 0 Å². The summed E-state index contributed by atoms with van der Waals surface area (Å²) in [6.45, 7) is 2.02. The highest BCUT2D eigenvalue weighted by atomic mass is 79.9. The van der Waals surface area contributed by atoms with Crippen molar-refractivity contribution in [3.63, 3.8) is 0 Å². The van der Waals surface area contributed by atoms with E-state index in [1.54, 1.807) is 11.8 Å². The fourth-order valence-corrected chi connectivity index (χ4v) is 0.849. The maximum absolute atomic E-state index is 3.41. The first-order chi connectivity index (χ1) is 3.31. The SMILES string of the molecule is CC=CC(Br)SC. The molecule has 0 aromatic heterocycles. The molecule has 0 saturated heterocycles. The number of thioether (sulfide) groups is 1. The van der Waals surface area contributed by atoms with Gasteiger partial charge in [0, 0.05) is 0 Å². The van der Waals surface area contributed by atoms with Crippen LogP contribution in [0.5, 0.6) is 0 Å². The predicted octanol–water partition coefficient (Wildman–Crippen LogP) is 2.65. The van der Waals surface area contributed by atoms with Crippen LogP contribution in [0, 0.1) is 0 Å². The average Bonchev–Trinajstić information content (AvgIpc) is 1.68. The standard InChI is InChI=1S/C5H9BrS/c1-3-4-5(6)7-2/h3-5H,1-2H3. The van der Waals surface area contributed by atoms with Crippen LogP contribution in [-0.2, 0) is 0 Å². The molecule has 0 aliphatic heterocycles. The lowest BCUT2D eigenvalue weighted by Gasteiger charge is -1.93. The maximum Gasteiger partial charge on any atom is 0.0777 e. The molecule has 0 heterocycles. The van der Waals surface area contributed by atoms with Crippen LogP contribution in [0.4, 0.5) is 0 Å². The molecule has 42 valence electrons. The van der Waals surface area contributed by atoms with Gasteiger partial charge in [0.15, 0.2) is 0 Å². The van der Waals surface area contributed by atoms with Crippen molar-refractivity contribution in [2.24, 2.45) is 0 Å². The van der Waals surface area contributed by atoms with Crippen molar-refractivity contribution in [3.8, 4) is 0 Å². The molecule has 2 heteroatoms. The van der Waals surface area contributed by atoms with Gasteiger partial charge in [-0.2, -0.15) is 0 Å². The van der Waals surface area contributed by atoms with E-state index >= 15 is 0 Å². The van der Waals surface area contributed by atoms with Gasteiger partial charge in [-0.05, 0) is 13.2 Å².